The largest absolute Gasteiger partial charge is 0.465 e. The number of thiophene rings is 1. The fourth-order valence-electron chi connectivity index (χ4n) is 1.85. The molecule has 1 amide bonds. The highest BCUT2D eigenvalue weighted by Crippen LogP contribution is 2.24. The van der Waals surface area contributed by atoms with E-state index in [0.29, 0.717) is 5.00 Å². The minimum atomic E-state index is -3.70. The zero-order valence-electron chi connectivity index (χ0n) is 12.6. The highest BCUT2D eigenvalue weighted by molar-refractivity contribution is 7.91. The van der Waals surface area contributed by atoms with Crippen molar-refractivity contribution in [1.29, 1.82) is 0 Å². The van der Waals surface area contributed by atoms with Gasteiger partial charge in [0.25, 0.3) is 0 Å². The van der Waals surface area contributed by atoms with E-state index in [1.54, 1.807) is 5.38 Å². The van der Waals surface area contributed by atoms with Crippen molar-refractivity contribution in [2.45, 2.75) is 11.3 Å². The van der Waals surface area contributed by atoms with Gasteiger partial charge in [-0.05, 0) is 35.7 Å². The summed E-state index contributed by atoms with van der Waals surface area (Å²) in [6.07, 6.45) is -0.293. The lowest BCUT2D eigenvalue weighted by Crippen LogP contribution is -2.18. The molecule has 0 aliphatic carbocycles. The number of sulfone groups is 1. The second-order valence-electron chi connectivity index (χ2n) is 4.73. The summed E-state index contributed by atoms with van der Waals surface area (Å²) in [5.41, 5.74) is 0.206. The standard InChI is InChI=1S/C15H14FNO5S2/c1-22-15(19)12-6-8-23-14(12)17-13(18)7-9-24(20,21)11-4-2-10(16)3-5-11/h2-6,8H,7,9H2,1H3,(H,17,18). The highest BCUT2D eigenvalue weighted by Gasteiger charge is 2.19. The number of nitrogens with one attached hydrogen (secondary N) is 1. The number of esters is 1. The predicted molar refractivity (Wildman–Crippen MR) is 87.4 cm³/mol. The third-order valence-corrected chi connectivity index (χ3v) is 5.66. The molecule has 1 heterocycles. The van der Waals surface area contributed by atoms with Crippen molar-refractivity contribution in [3.63, 3.8) is 0 Å². The number of anilines is 1. The molecular formula is C15H14FNO5S2. The average molecular weight is 371 g/mol. The molecule has 0 atom stereocenters. The fraction of sp³-hybridized carbons (Fsp3) is 0.200. The Morgan fingerprint density at radius 2 is 1.88 bits per heavy atom. The van der Waals surface area contributed by atoms with Gasteiger partial charge >= 0.3 is 5.97 Å². The van der Waals surface area contributed by atoms with Crippen LogP contribution in [-0.2, 0) is 19.4 Å². The third kappa shape index (κ3) is 4.39. The normalized spacial score (nSPS) is 11.1. The van der Waals surface area contributed by atoms with Crippen LogP contribution in [0.25, 0.3) is 0 Å². The Morgan fingerprint density at radius 1 is 1.21 bits per heavy atom. The second kappa shape index (κ2) is 7.54. The Kier molecular flexibility index (Phi) is 5.68. The zero-order valence-corrected chi connectivity index (χ0v) is 14.2. The molecule has 9 heteroatoms. The number of hydrogen-bond donors (Lipinski definition) is 1. The van der Waals surface area contributed by atoms with Gasteiger partial charge in [-0.15, -0.1) is 11.3 Å². The van der Waals surface area contributed by atoms with Crippen LogP contribution in [0.15, 0.2) is 40.6 Å². The molecule has 0 aliphatic rings. The number of carbonyl (C=O) groups is 2. The van der Waals surface area contributed by atoms with Gasteiger partial charge in [-0.1, -0.05) is 0 Å². The van der Waals surface area contributed by atoms with E-state index in [-0.39, 0.29) is 16.9 Å². The first-order valence-electron chi connectivity index (χ1n) is 6.77. The smallest absolute Gasteiger partial charge is 0.340 e. The number of hydrogen-bond acceptors (Lipinski definition) is 6. The molecule has 1 aromatic heterocycles. The van der Waals surface area contributed by atoms with E-state index in [4.69, 9.17) is 0 Å². The minimum Gasteiger partial charge on any atom is -0.465 e. The van der Waals surface area contributed by atoms with Crippen molar-refractivity contribution in [3.8, 4) is 0 Å². The van der Waals surface area contributed by atoms with Gasteiger partial charge < -0.3 is 10.1 Å². The number of rotatable bonds is 6. The van der Waals surface area contributed by atoms with E-state index >= 15 is 0 Å². The van der Waals surface area contributed by atoms with E-state index in [1.807, 2.05) is 0 Å². The first-order valence-corrected chi connectivity index (χ1v) is 9.30. The Bertz CT molecular complexity index is 843. The van der Waals surface area contributed by atoms with Crippen LogP contribution in [-0.4, -0.2) is 33.2 Å². The summed E-state index contributed by atoms with van der Waals surface area (Å²) in [6.45, 7) is 0. The molecule has 0 radical (unpaired) electrons. The van der Waals surface area contributed by atoms with E-state index in [0.717, 1.165) is 35.6 Å². The van der Waals surface area contributed by atoms with Gasteiger partial charge in [-0.25, -0.2) is 17.6 Å². The summed E-state index contributed by atoms with van der Waals surface area (Å²) >= 11 is 1.13. The summed E-state index contributed by atoms with van der Waals surface area (Å²) < 4.78 is 41.6. The number of ether oxygens (including phenoxy) is 1. The third-order valence-electron chi connectivity index (χ3n) is 3.09. The molecule has 0 bridgehead atoms. The summed E-state index contributed by atoms with van der Waals surface area (Å²) in [4.78, 5) is 23.4. The molecule has 1 N–H and O–H groups in total. The summed E-state index contributed by atoms with van der Waals surface area (Å²) in [6, 6.07) is 5.89. The molecule has 2 aromatic rings. The van der Waals surface area contributed by atoms with Gasteiger partial charge in [0.2, 0.25) is 5.91 Å². The maximum absolute atomic E-state index is 12.8. The molecule has 6 nitrogen and oxygen atoms in total. The van der Waals surface area contributed by atoms with Crippen LogP contribution in [0.4, 0.5) is 9.39 Å². The van der Waals surface area contributed by atoms with Crippen LogP contribution in [0.5, 0.6) is 0 Å². The van der Waals surface area contributed by atoms with Crippen LogP contribution in [0, 0.1) is 5.82 Å². The van der Waals surface area contributed by atoms with Crippen molar-refractivity contribution < 1.29 is 27.1 Å². The SMILES string of the molecule is COC(=O)c1ccsc1NC(=O)CCS(=O)(=O)c1ccc(F)cc1. The lowest BCUT2D eigenvalue weighted by atomic mass is 10.3. The maximum Gasteiger partial charge on any atom is 0.340 e. The molecular weight excluding hydrogens is 357 g/mol. The van der Waals surface area contributed by atoms with Crippen LogP contribution in [0.1, 0.15) is 16.8 Å². The van der Waals surface area contributed by atoms with E-state index in [1.165, 1.54) is 13.2 Å². The van der Waals surface area contributed by atoms with Crippen molar-refractivity contribution in [2.24, 2.45) is 0 Å². The Balaban J connectivity index is 1.99. The average Bonchev–Trinajstić information content (AvgIpc) is 3.01. The van der Waals surface area contributed by atoms with Crippen molar-refractivity contribution in [1.82, 2.24) is 0 Å². The van der Waals surface area contributed by atoms with E-state index in [2.05, 4.69) is 10.1 Å². The van der Waals surface area contributed by atoms with Crippen LogP contribution < -0.4 is 5.32 Å². The molecule has 128 valence electrons. The number of methoxy groups -OCH3 is 1. The maximum atomic E-state index is 12.8. The number of amides is 1. The van der Waals surface area contributed by atoms with Crippen molar-refractivity contribution >= 4 is 38.1 Å². The first-order chi connectivity index (χ1) is 11.3. The van der Waals surface area contributed by atoms with Crippen LogP contribution in [0.3, 0.4) is 0 Å². The Morgan fingerprint density at radius 3 is 2.50 bits per heavy atom. The zero-order chi connectivity index (χ0) is 17.7. The number of benzene rings is 1. The van der Waals surface area contributed by atoms with E-state index < -0.39 is 33.3 Å². The van der Waals surface area contributed by atoms with E-state index in [9.17, 15) is 22.4 Å². The molecule has 2 rings (SSSR count). The summed E-state index contributed by atoms with van der Waals surface area (Å²) in [5.74, 6) is -2.11. The number of carbonyl (C=O) groups excluding carboxylic acids is 2. The highest BCUT2D eigenvalue weighted by atomic mass is 32.2. The fourth-order valence-corrected chi connectivity index (χ4v) is 3.88. The lowest BCUT2D eigenvalue weighted by Gasteiger charge is -2.06. The number of halogens is 1. The topological polar surface area (TPSA) is 89.5 Å². The molecule has 24 heavy (non-hydrogen) atoms. The van der Waals surface area contributed by atoms with Crippen molar-refractivity contribution in [2.75, 3.05) is 18.2 Å². The van der Waals surface area contributed by atoms with Gasteiger partial charge in [0.15, 0.2) is 9.84 Å². The van der Waals surface area contributed by atoms with Gasteiger partial charge in [-0.3, -0.25) is 4.79 Å². The van der Waals surface area contributed by atoms with Gasteiger partial charge in [0, 0.05) is 6.42 Å². The Labute approximate surface area is 142 Å². The van der Waals surface area contributed by atoms with Crippen molar-refractivity contribution in [3.05, 3.63) is 47.1 Å². The molecule has 0 unspecified atom stereocenters. The Hall–Kier alpha value is -2.26. The lowest BCUT2D eigenvalue weighted by molar-refractivity contribution is -0.115. The molecule has 0 aliphatic heterocycles. The molecule has 0 spiro atoms. The summed E-state index contributed by atoms with van der Waals surface area (Å²) in [7, 11) is -2.47. The van der Waals surface area contributed by atoms with Crippen LogP contribution in [0.2, 0.25) is 0 Å². The molecule has 0 saturated heterocycles. The van der Waals surface area contributed by atoms with Gasteiger partial charge in [-0.2, -0.15) is 0 Å². The molecule has 0 fully saturated rings. The van der Waals surface area contributed by atoms with Gasteiger partial charge in [0.05, 0.1) is 23.3 Å². The predicted octanol–water partition coefficient (Wildman–Crippen LogP) is 2.48. The minimum absolute atomic E-state index is 0.0527. The van der Waals surface area contributed by atoms with Gasteiger partial charge in [0.1, 0.15) is 10.8 Å². The summed E-state index contributed by atoms with van der Waals surface area (Å²) in [5, 5.41) is 4.40. The quantitative estimate of drug-likeness (QED) is 0.622. The molecule has 1 aromatic carbocycles. The second-order valence-corrected chi connectivity index (χ2v) is 7.75. The van der Waals surface area contributed by atoms with Crippen LogP contribution >= 0.6 is 11.3 Å². The molecule has 0 saturated carbocycles. The monoisotopic (exact) mass is 371 g/mol. The first kappa shape index (κ1) is 18.1.